The number of carbonyl (C=O) groups excluding carboxylic acids is 1. The monoisotopic (exact) mass is 377 g/mol. The molecule has 1 heterocycles. The smallest absolute Gasteiger partial charge is 0.321 e. The van der Waals surface area contributed by atoms with Crippen molar-refractivity contribution < 1.29 is 4.79 Å². The number of aryl methyl sites for hydroxylation is 1. The summed E-state index contributed by atoms with van der Waals surface area (Å²) < 4.78 is 0. The second kappa shape index (κ2) is 9.56. The first-order valence-corrected chi connectivity index (χ1v) is 10.1. The molecule has 1 fully saturated rings. The van der Waals surface area contributed by atoms with Crippen molar-refractivity contribution in [1.29, 1.82) is 0 Å². The summed E-state index contributed by atoms with van der Waals surface area (Å²) in [6.07, 6.45) is 4.36. The van der Waals surface area contributed by atoms with E-state index in [0.717, 1.165) is 44.0 Å². The first-order chi connectivity index (χ1) is 13.5. The van der Waals surface area contributed by atoms with Gasteiger partial charge in [0.25, 0.3) is 0 Å². The van der Waals surface area contributed by atoms with E-state index in [0.29, 0.717) is 5.92 Å². The van der Waals surface area contributed by atoms with Crippen LogP contribution >= 0.6 is 0 Å². The van der Waals surface area contributed by atoms with Gasteiger partial charge in [-0.05, 0) is 29.5 Å². The maximum Gasteiger partial charge on any atom is 0.321 e. The number of hydrogen-bond donors (Lipinski definition) is 1. The molecule has 4 nitrogen and oxygen atoms in total. The molecule has 28 heavy (non-hydrogen) atoms. The van der Waals surface area contributed by atoms with Crippen LogP contribution in [0.2, 0.25) is 0 Å². The Morgan fingerprint density at radius 3 is 2.43 bits per heavy atom. The lowest BCUT2D eigenvalue weighted by Crippen LogP contribution is -2.50. The van der Waals surface area contributed by atoms with Crippen molar-refractivity contribution in [1.82, 2.24) is 9.80 Å². The van der Waals surface area contributed by atoms with Crippen LogP contribution in [0.3, 0.4) is 0 Å². The zero-order chi connectivity index (χ0) is 19.9. The number of hydrogen-bond acceptors (Lipinski definition) is 2. The number of para-hydroxylation sites is 1. The van der Waals surface area contributed by atoms with Gasteiger partial charge in [-0.2, -0.15) is 0 Å². The number of nitrogens with one attached hydrogen (secondary N) is 1. The van der Waals surface area contributed by atoms with Crippen LogP contribution in [-0.4, -0.2) is 48.6 Å². The first kappa shape index (κ1) is 20.2. The van der Waals surface area contributed by atoms with Gasteiger partial charge < -0.3 is 10.2 Å². The van der Waals surface area contributed by atoms with Gasteiger partial charge in [0.15, 0.2) is 0 Å². The van der Waals surface area contributed by atoms with Crippen molar-refractivity contribution in [2.24, 2.45) is 0 Å². The predicted octanol–water partition coefficient (Wildman–Crippen LogP) is 4.98. The molecule has 2 amide bonds. The molecule has 0 radical (unpaired) electrons. The summed E-state index contributed by atoms with van der Waals surface area (Å²) in [5.41, 5.74) is 4.50. The van der Waals surface area contributed by atoms with Crippen LogP contribution in [0.1, 0.15) is 36.5 Å². The molecule has 1 saturated heterocycles. The van der Waals surface area contributed by atoms with Crippen LogP contribution in [0, 0.1) is 6.92 Å². The molecule has 0 saturated carbocycles. The first-order valence-electron chi connectivity index (χ1n) is 10.1. The van der Waals surface area contributed by atoms with E-state index in [2.05, 4.69) is 85.6 Å². The van der Waals surface area contributed by atoms with Crippen LogP contribution in [0.25, 0.3) is 6.08 Å². The molecule has 0 spiro atoms. The molecule has 2 aromatic rings. The summed E-state index contributed by atoms with van der Waals surface area (Å²) in [6.45, 7) is 10.6. The van der Waals surface area contributed by atoms with Crippen molar-refractivity contribution in [2.45, 2.75) is 26.7 Å². The average molecular weight is 378 g/mol. The van der Waals surface area contributed by atoms with Crippen molar-refractivity contribution in [3.63, 3.8) is 0 Å². The Balaban J connectivity index is 1.51. The van der Waals surface area contributed by atoms with E-state index in [1.165, 1.54) is 11.1 Å². The van der Waals surface area contributed by atoms with E-state index >= 15 is 0 Å². The summed E-state index contributed by atoms with van der Waals surface area (Å²) in [5, 5.41) is 3.16. The fraction of sp³-hybridized carbons (Fsp3) is 0.375. The van der Waals surface area contributed by atoms with E-state index in [1.54, 1.807) is 0 Å². The SMILES string of the molecule is Cc1cccc(C(C)C)c1NC(=O)N1CCN(C/C=C\c2ccccc2)CC1. The fourth-order valence-corrected chi connectivity index (χ4v) is 3.56. The van der Waals surface area contributed by atoms with Crippen LogP contribution < -0.4 is 5.32 Å². The van der Waals surface area contributed by atoms with Crippen LogP contribution in [0.15, 0.2) is 54.6 Å². The third-order valence-corrected chi connectivity index (χ3v) is 5.29. The Kier molecular flexibility index (Phi) is 6.88. The van der Waals surface area contributed by atoms with Gasteiger partial charge in [0.2, 0.25) is 0 Å². The summed E-state index contributed by atoms with van der Waals surface area (Å²) in [5.74, 6) is 0.378. The Bertz CT molecular complexity index is 806. The zero-order valence-corrected chi connectivity index (χ0v) is 17.2. The van der Waals surface area contributed by atoms with Gasteiger partial charge >= 0.3 is 6.03 Å². The lowest BCUT2D eigenvalue weighted by molar-refractivity contribution is 0.156. The molecule has 0 unspecified atom stereocenters. The van der Waals surface area contributed by atoms with E-state index in [1.807, 2.05) is 11.0 Å². The van der Waals surface area contributed by atoms with Gasteiger partial charge in [-0.25, -0.2) is 4.79 Å². The minimum atomic E-state index is 0.00989. The Morgan fingerprint density at radius 2 is 1.75 bits per heavy atom. The lowest BCUT2D eigenvalue weighted by atomic mass is 9.98. The van der Waals surface area contributed by atoms with Gasteiger partial charge in [-0.15, -0.1) is 0 Å². The number of rotatable bonds is 5. The second-order valence-electron chi connectivity index (χ2n) is 7.72. The molecule has 0 aromatic heterocycles. The highest BCUT2D eigenvalue weighted by Gasteiger charge is 2.22. The normalized spacial score (nSPS) is 15.4. The summed E-state index contributed by atoms with van der Waals surface area (Å²) in [7, 11) is 0. The minimum absolute atomic E-state index is 0.00989. The molecular formula is C24H31N3O. The number of piperazine rings is 1. The molecule has 3 rings (SSSR count). The molecular weight excluding hydrogens is 346 g/mol. The highest BCUT2D eigenvalue weighted by Crippen LogP contribution is 2.27. The molecule has 0 bridgehead atoms. The number of urea groups is 1. The average Bonchev–Trinajstić information content (AvgIpc) is 2.70. The van der Waals surface area contributed by atoms with Gasteiger partial charge in [0.05, 0.1) is 0 Å². The van der Waals surface area contributed by atoms with Crippen molar-refractivity contribution in [3.8, 4) is 0 Å². The number of carbonyl (C=O) groups is 1. The molecule has 1 aliphatic heterocycles. The fourth-order valence-electron chi connectivity index (χ4n) is 3.56. The zero-order valence-electron chi connectivity index (χ0n) is 17.2. The van der Waals surface area contributed by atoms with E-state index in [9.17, 15) is 4.79 Å². The van der Waals surface area contributed by atoms with E-state index in [4.69, 9.17) is 0 Å². The van der Waals surface area contributed by atoms with Crippen LogP contribution in [0.4, 0.5) is 10.5 Å². The van der Waals surface area contributed by atoms with Gasteiger partial charge in [0, 0.05) is 38.4 Å². The quantitative estimate of drug-likeness (QED) is 0.797. The van der Waals surface area contributed by atoms with Crippen molar-refractivity contribution in [2.75, 3.05) is 38.0 Å². The Hall–Kier alpha value is -2.59. The Labute approximate surface area is 168 Å². The lowest BCUT2D eigenvalue weighted by Gasteiger charge is -2.34. The topological polar surface area (TPSA) is 35.6 Å². The van der Waals surface area contributed by atoms with E-state index in [-0.39, 0.29) is 6.03 Å². The third-order valence-electron chi connectivity index (χ3n) is 5.29. The van der Waals surface area contributed by atoms with Gasteiger partial charge in [-0.3, -0.25) is 4.90 Å². The predicted molar refractivity (Wildman–Crippen MR) is 118 cm³/mol. The van der Waals surface area contributed by atoms with Gasteiger partial charge in [0.1, 0.15) is 0 Å². The van der Waals surface area contributed by atoms with Gasteiger partial charge in [-0.1, -0.05) is 74.5 Å². The maximum atomic E-state index is 12.8. The van der Waals surface area contributed by atoms with Crippen molar-refractivity contribution in [3.05, 3.63) is 71.3 Å². The largest absolute Gasteiger partial charge is 0.322 e. The third kappa shape index (κ3) is 5.23. The standard InChI is InChI=1S/C24H31N3O/c1-19(2)22-13-7-9-20(3)23(22)25-24(28)27-17-15-26(16-18-27)14-8-12-21-10-5-4-6-11-21/h4-13,19H,14-18H2,1-3H3,(H,25,28)/b12-8-. The molecule has 0 aliphatic carbocycles. The molecule has 0 atom stereocenters. The summed E-state index contributed by atoms with van der Waals surface area (Å²) >= 11 is 0. The maximum absolute atomic E-state index is 12.8. The number of benzene rings is 2. The van der Waals surface area contributed by atoms with E-state index < -0.39 is 0 Å². The molecule has 1 aliphatic rings. The number of anilines is 1. The van der Waals surface area contributed by atoms with Crippen molar-refractivity contribution >= 4 is 17.8 Å². The second-order valence-corrected chi connectivity index (χ2v) is 7.72. The molecule has 1 N–H and O–H groups in total. The minimum Gasteiger partial charge on any atom is -0.322 e. The molecule has 4 heteroatoms. The van der Waals surface area contributed by atoms with Crippen LogP contribution in [0.5, 0.6) is 0 Å². The Morgan fingerprint density at radius 1 is 1.04 bits per heavy atom. The highest BCUT2D eigenvalue weighted by atomic mass is 16.2. The molecule has 148 valence electrons. The number of nitrogens with zero attached hydrogens (tertiary/aromatic N) is 2. The molecule has 2 aromatic carbocycles. The highest BCUT2D eigenvalue weighted by molar-refractivity contribution is 5.91. The summed E-state index contributed by atoms with van der Waals surface area (Å²) in [4.78, 5) is 17.1. The summed E-state index contributed by atoms with van der Waals surface area (Å²) in [6, 6.07) is 16.6. The number of amides is 2. The van der Waals surface area contributed by atoms with Crippen LogP contribution in [-0.2, 0) is 0 Å².